The number of nitrogens with zero attached hydrogens (tertiary/aromatic N) is 1. The van der Waals surface area contributed by atoms with E-state index in [1.165, 1.54) is 11.1 Å². The van der Waals surface area contributed by atoms with E-state index in [9.17, 15) is 4.79 Å². The Balaban J connectivity index is 1.71. The molecule has 0 saturated carbocycles. The molecule has 0 unspecified atom stereocenters. The second-order valence-electron chi connectivity index (χ2n) is 6.21. The van der Waals surface area contributed by atoms with Crippen molar-refractivity contribution in [1.29, 1.82) is 0 Å². The Morgan fingerprint density at radius 2 is 2.19 bits per heavy atom. The van der Waals surface area contributed by atoms with Gasteiger partial charge >= 0.3 is 0 Å². The highest BCUT2D eigenvalue weighted by Crippen LogP contribution is 2.33. The predicted octanol–water partition coefficient (Wildman–Crippen LogP) is 1.69. The quantitative estimate of drug-likeness (QED) is 0.900. The molecule has 21 heavy (non-hydrogen) atoms. The first-order valence-electron chi connectivity index (χ1n) is 7.84. The Morgan fingerprint density at radius 3 is 2.90 bits per heavy atom. The molecule has 0 aromatic heterocycles. The zero-order chi connectivity index (χ0) is 14.8. The maximum Gasteiger partial charge on any atom is 0.242 e. The molecule has 2 fully saturated rings. The lowest BCUT2D eigenvalue weighted by atomic mass is 9.93. The Labute approximate surface area is 126 Å². The summed E-state index contributed by atoms with van der Waals surface area (Å²) in [4.78, 5) is 14.7. The van der Waals surface area contributed by atoms with E-state index in [-0.39, 0.29) is 11.9 Å². The van der Waals surface area contributed by atoms with Gasteiger partial charge in [0.15, 0.2) is 0 Å². The maximum atomic E-state index is 12.7. The van der Waals surface area contributed by atoms with Crippen molar-refractivity contribution in [3.05, 3.63) is 35.4 Å². The Morgan fingerprint density at radius 1 is 1.38 bits per heavy atom. The van der Waals surface area contributed by atoms with Gasteiger partial charge in [-0.1, -0.05) is 24.3 Å². The average molecular weight is 288 g/mol. The van der Waals surface area contributed by atoms with Gasteiger partial charge in [0, 0.05) is 25.0 Å². The fraction of sp³-hybridized carbons (Fsp3) is 0.588. The Kier molecular flexibility index (Phi) is 4.27. The van der Waals surface area contributed by atoms with E-state index >= 15 is 0 Å². The van der Waals surface area contributed by atoms with E-state index in [4.69, 9.17) is 4.74 Å². The standard InChI is InChI=1S/C17H24N2O2/c1-12-5-3-4-6-15(12)14-9-13(2)19(10-14)17(20)16-11-21-8-7-18-16/h3-6,13-14,16,18H,7-11H2,1-2H3/t13-,14-,16+/m1/s1. The third-order valence-electron chi connectivity index (χ3n) is 4.71. The van der Waals surface area contributed by atoms with Crippen molar-refractivity contribution in [1.82, 2.24) is 10.2 Å². The van der Waals surface area contributed by atoms with Crippen LogP contribution in [0.1, 0.15) is 30.4 Å². The number of aryl methyl sites for hydroxylation is 1. The molecule has 2 aliphatic heterocycles. The van der Waals surface area contributed by atoms with Gasteiger partial charge in [0.25, 0.3) is 0 Å². The Bertz CT molecular complexity index is 511. The number of carbonyl (C=O) groups excluding carboxylic acids is 1. The number of hydrogen-bond donors (Lipinski definition) is 1. The summed E-state index contributed by atoms with van der Waals surface area (Å²) in [5.41, 5.74) is 2.70. The Hall–Kier alpha value is -1.39. The first-order valence-corrected chi connectivity index (χ1v) is 7.84. The number of morpholine rings is 1. The van der Waals surface area contributed by atoms with E-state index in [1.807, 2.05) is 4.90 Å². The minimum Gasteiger partial charge on any atom is -0.378 e. The molecule has 3 rings (SSSR count). The van der Waals surface area contributed by atoms with E-state index in [0.717, 1.165) is 19.5 Å². The molecular formula is C17H24N2O2. The molecule has 0 aliphatic carbocycles. The number of benzene rings is 1. The molecule has 0 bridgehead atoms. The molecule has 2 heterocycles. The molecule has 1 amide bonds. The van der Waals surface area contributed by atoms with Gasteiger partial charge in [0.1, 0.15) is 6.04 Å². The molecule has 114 valence electrons. The molecule has 1 aromatic rings. The first kappa shape index (κ1) is 14.5. The van der Waals surface area contributed by atoms with Crippen molar-refractivity contribution < 1.29 is 9.53 Å². The average Bonchev–Trinajstić information content (AvgIpc) is 2.89. The fourth-order valence-electron chi connectivity index (χ4n) is 3.53. The molecule has 2 aliphatic rings. The van der Waals surface area contributed by atoms with Crippen molar-refractivity contribution in [2.24, 2.45) is 0 Å². The van der Waals surface area contributed by atoms with Crippen molar-refractivity contribution >= 4 is 5.91 Å². The SMILES string of the molecule is Cc1ccccc1[C@@H]1C[C@@H](C)N(C(=O)[C@@H]2COCCN2)C1. The van der Waals surface area contributed by atoms with Crippen molar-refractivity contribution in [2.75, 3.05) is 26.3 Å². The summed E-state index contributed by atoms with van der Waals surface area (Å²) in [5.74, 6) is 0.646. The van der Waals surface area contributed by atoms with E-state index in [0.29, 0.717) is 25.2 Å². The molecule has 1 aromatic carbocycles. The molecule has 0 radical (unpaired) electrons. The van der Waals surface area contributed by atoms with Crippen molar-refractivity contribution in [3.63, 3.8) is 0 Å². The smallest absolute Gasteiger partial charge is 0.242 e. The zero-order valence-electron chi connectivity index (χ0n) is 12.8. The second-order valence-corrected chi connectivity index (χ2v) is 6.21. The minimum absolute atomic E-state index is 0.170. The highest BCUT2D eigenvalue weighted by atomic mass is 16.5. The number of amides is 1. The topological polar surface area (TPSA) is 41.6 Å². The summed E-state index contributed by atoms with van der Waals surface area (Å²) in [5, 5.41) is 3.27. The van der Waals surface area contributed by atoms with Gasteiger partial charge in [-0.2, -0.15) is 0 Å². The fourth-order valence-corrected chi connectivity index (χ4v) is 3.53. The summed E-state index contributed by atoms with van der Waals surface area (Å²) in [6.07, 6.45) is 1.05. The van der Waals surface area contributed by atoms with Gasteiger partial charge in [-0.05, 0) is 31.4 Å². The first-order chi connectivity index (χ1) is 10.2. The number of hydrogen-bond acceptors (Lipinski definition) is 3. The third kappa shape index (κ3) is 2.97. The van der Waals surface area contributed by atoms with Crippen LogP contribution in [-0.2, 0) is 9.53 Å². The highest BCUT2D eigenvalue weighted by molar-refractivity contribution is 5.83. The molecule has 4 heteroatoms. The van der Waals surface area contributed by atoms with Gasteiger partial charge in [-0.15, -0.1) is 0 Å². The van der Waals surface area contributed by atoms with Crippen LogP contribution in [0.15, 0.2) is 24.3 Å². The minimum atomic E-state index is -0.170. The molecule has 4 nitrogen and oxygen atoms in total. The van der Waals surface area contributed by atoms with E-state index in [1.54, 1.807) is 0 Å². The largest absolute Gasteiger partial charge is 0.378 e. The zero-order valence-corrected chi connectivity index (χ0v) is 12.8. The lowest BCUT2D eigenvalue weighted by Gasteiger charge is -2.29. The van der Waals surface area contributed by atoms with Crippen LogP contribution >= 0.6 is 0 Å². The van der Waals surface area contributed by atoms with Gasteiger partial charge in [0.05, 0.1) is 13.2 Å². The van der Waals surface area contributed by atoms with Crippen LogP contribution in [0.5, 0.6) is 0 Å². The summed E-state index contributed by atoms with van der Waals surface area (Å²) in [6.45, 7) is 7.09. The summed E-state index contributed by atoms with van der Waals surface area (Å²) in [6, 6.07) is 8.64. The van der Waals surface area contributed by atoms with Crippen LogP contribution in [0, 0.1) is 6.92 Å². The van der Waals surface area contributed by atoms with E-state index < -0.39 is 0 Å². The number of nitrogens with one attached hydrogen (secondary N) is 1. The molecule has 1 N–H and O–H groups in total. The van der Waals surface area contributed by atoms with Crippen molar-refractivity contribution in [3.8, 4) is 0 Å². The summed E-state index contributed by atoms with van der Waals surface area (Å²) in [7, 11) is 0. The molecule has 2 saturated heterocycles. The second kappa shape index (κ2) is 6.16. The summed E-state index contributed by atoms with van der Waals surface area (Å²) >= 11 is 0. The van der Waals surface area contributed by atoms with Gasteiger partial charge in [-0.25, -0.2) is 0 Å². The van der Waals surface area contributed by atoms with Crippen LogP contribution < -0.4 is 5.32 Å². The third-order valence-corrected chi connectivity index (χ3v) is 4.71. The normalized spacial score (nSPS) is 29.6. The van der Waals surface area contributed by atoms with Crippen LogP contribution in [0.4, 0.5) is 0 Å². The van der Waals surface area contributed by atoms with Gasteiger partial charge in [-0.3, -0.25) is 4.79 Å². The number of carbonyl (C=O) groups is 1. The van der Waals surface area contributed by atoms with Crippen LogP contribution in [-0.4, -0.2) is 49.2 Å². The highest BCUT2D eigenvalue weighted by Gasteiger charge is 2.37. The van der Waals surface area contributed by atoms with Crippen molar-refractivity contribution in [2.45, 2.75) is 38.3 Å². The number of likely N-dealkylation sites (tertiary alicyclic amines) is 1. The predicted molar refractivity (Wildman–Crippen MR) is 82.3 cm³/mol. The van der Waals surface area contributed by atoms with Crippen LogP contribution in [0.2, 0.25) is 0 Å². The van der Waals surface area contributed by atoms with E-state index in [2.05, 4.69) is 43.4 Å². The molecule has 0 spiro atoms. The number of rotatable bonds is 2. The maximum absolute atomic E-state index is 12.7. The molecular weight excluding hydrogens is 264 g/mol. The van der Waals surface area contributed by atoms with Gasteiger partial charge < -0.3 is 15.0 Å². The van der Waals surface area contributed by atoms with Crippen LogP contribution in [0.3, 0.4) is 0 Å². The lowest BCUT2D eigenvalue weighted by Crippen LogP contribution is -2.53. The monoisotopic (exact) mass is 288 g/mol. The van der Waals surface area contributed by atoms with Crippen LogP contribution in [0.25, 0.3) is 0 Å². The number of ether oxygens (including phenoxy) is 1. The molecule has 3 atom stereocenters. The lowest BCUT2D eigenvalue weighted by molar-refractivity contribution is -0.136. The van der Waals surface area contributed by atoms with Gasteiger partial charge in [0.2, 0.25) is 5.91 Å². The summed E-state index contributed by atoms with van der Waals surface area (Å²) < 4.78 is 5.42.